The van der Waals surface area contributed by atoms with Crippen molar-refractivity contribution in [3.63, 3.8) is 0 Å². The molecule has 16 nitrogen and oxygen atoms in total. The smallest absolute Gasteiger partial charge is 0.407 e. The Labute approximate surface area is 540 Å². The molecule has 4 N–H and O–H groups in total. The van der Waals surface area contributed by atoms with E-state index >= 15 is 0 Å². The molecule has 0 unspecified atom stereocenters. The summed E-state index contributed by atoms with van der Waals surface area (Å²) < 4.78 is 22.5. The summed E-state index contributed by atoms with van der Waals surface area (Å²) in [6.45, 7) is 27.5. The maximum Gasteiger partial charge on any atom is 0.407 e. The Morgan fingerprint density at radius 2 is 0.933 bits per heavy atom. The van der Waals surface area contributed by atoms with E-state index in [9.17, 15) is 38.4 Å². The third-order valence-electron chi connectivity index (χ3n) is 14.3. The minimum atomic E-state index is -0.730. The summed E-state index contributed by atoms with van der Waals surface area (Å²) in [6.07, 6.45) is 38.6. The van der Waals surface area contributed by atoms with E-state index in [0.717, 1.165) is 40.6 Å². The van der Waals surface area contributed by atoms with Crippen molar-refractivity contribution in [1.29, 1.82) is 0 Å². The summed E-state index contributed by atoms with van der Waals surface area (Å²) in [5, 5.41) is 12.3. The number of allylic oxidation sites excluding steroid dienone is 12. The van der Waals surface area contributed by atoms with Gasteiger partial charge in [-0.1, -0.05) is 176 Å². The number of hydrogen-bond acceptors (Lipinski definition) is 14. The van der Waals surface area contributed by atoms with Crippen LogP contribution in [0.15, 0.2) is 144 Å². The van der Waals surface area contributed by atoms with Crippen LogP contribution in [0.25, 0.3) is 0 Å². The Hall–Kier alpha value is -6.66. The van der Waals surface area contributed by atoms with Crippen LogP contribution in [-0.2, 0) is 47.7 Å². The van der Waals surface area contributed by atoms with Gasteiger partial charge < -0.3 is 40.2 Å². The van der Waals surface area contributed by atoms with Gasteiger partial charge in [0.15, 0.2) is 11.6 Å². The fraction of sp³-hybridized carbons (Fsp3) is 0.549. The molecule has 0 radical (unpaired) electrons. The van der Waals surface area contributed by atoms with Crippen molar-refractivity contribution in [2.75, 3.05) is 29.7 Å². The number of alkyl carbamates (subject to hydrolysis) is 2. The molecule has 0 aromatic heterocycles. The first kappa shape index (κ1) is 78.4. The maximum absolute atomic E-state index is 13.4. The number of ketones is 2. The Balaban J connectivity index is 1.69. The van der Waals surface area contributed by atoms with Crippen LogP contribution in [0.5, 0.6) is 0 Å². The van der Waals surface area contributed by atoms with E-state index < -0.39 is 47.3 Å². The van der Waals surface area contributed by atoms with Crippen molar-refractivity contribution in [1.82, 2.24) is 21.3 Å². The fourth-order valence-corrected chi connectivity index (χ4v) is 11.2. The molecule has 0 aromatic carbocycles. The summed E-state index contributed by atoms with van der Waals surface area (Å²) in [5.74, 6) is 0.114. The summed E-state index contributed by atoms with van der Waals surface area (Å²) in [5.41, 5.74) is 2.10. The van der Waals surface area contributed by atoms with Crippen molar-refractivity contribution < 1.29 is 57.3 Å². The molecule has 0 aliphatic carbocycles. The number of Topliss-reactive ketones (excluding diaryl/α,β-unsaturated/α-hetero) is 2. The lowest BCUT2D eigenvalue weighted by Gasteiger charge is -2.29. The minimum absolute atomic E-state index is 0.0197. The Morgan fingerprint density at radius 1 is 0.573 bits per heavy atom. The van der Waals surface area contributed by atoms with Gasteiger partial charge in [0.25, 0.3) is 0 Å². The maximum atomic E-state index is 13.4. The van der Waals surface area contributed by atoms with Crippen LogP contribution in [0.2, 0.25) is 0 Å². The average molecular weight is 1270 g/mol. The van der Waals surface area contributed by atoms with Gasteiger partial charge in [0.1, 0.15) is 24.4 Å². The lowest BCUT2D eigenvalue weighted by atomic mass is 9.83. The molecule has 0 saturated heterocycles. The second kappa shape index (κ2) is 43.1. The highest BCUT2D eigenvalue weighted by Crippen LogP contribution is 2.26. The zero-order valence-electron chi connectivity index (χ0n) is 55.5. The van der Waals surface area contributed by atoms with Crippen LogP contribution < -0.4 is 21.3 Å². The van der Waals surface area contributed by atoms with Gasteiger partial charge in [-0.05, 0) is 76.7 Å². The number of ether oxygens (including phenoxy) is 4. The highest BCUT2D eigenvalue weighted by Gasteiger charge is 2.33. The molecule has 0 spiro atoms. The number of amides is 4. The molecule has 2 heterocycles. The molecule has 492 valence electrons. The molecule has 4 amide bonds. The van der Waals surface area contributed by atoms with E-state index in [4.69, 9.17) is 18.9 Å². The van der Waals surface area contributed by atoms with Gasteiger partial charge in [0.2, 0.25) is 11.8 Å². The van der Waals surface area contributed by atoms with Gasteiger partial charge in [-0.15, -0.1) is 0 Å². The highest BCUT2D eigenvalue weighted by molar-refractivity contribution is 8.15. The second-order valence-corrected chi connectivity index (χ2v) is 27.2. The van der Waals surface area contributed by atoms with Crippen molar-refractivity contribution in [2.24, 2.45) is 22.7 Å². The molecular formula is C71H104N4O12S2. The van der Waals surface area contributed by atoms with Gasteiger partial charge in [0, 0.05) is 105 Å². The van der Waals surface area contributed by atoms with Crippen molar-refractivity contribution in [2.45, 2.75) is 198 Å². The quantitative estimate of drug-likeness (QED) is 0.00859. The Bertz CT molecular complexity index is 2510. The monoisotopic (exact) mass is 1270 g/mol. The number of rotatable bonds is 38. The number of carbonyl (C=O) groups excluding carboxylic acids is 8. The molecule has 0 bridgehead atoms. The number of cyclic esters (lactones) is 2. The molecule has 0 saturated carbocycles. The van der Waals surface area contributed by atoms with Crippen LogP contribution in [0.4, 0.5) is 9.59 Å². The second-order valence-electron chi connectivity index (χ2n) is 24.6. The topological polar surface area (TPSA) is 222 Å². The summed E-state index contributed by atoms with van der Waals surface area (Å²) in [6, 6.07) is -1.46. The van der Waals surface area contributed by atoms with Crippen molar-refractivity contribution in [3.05, 3.63) is 144 Å². The molecule has 8 atom stereocenters. The predicted molar refractivity (Wildman–Crippen MR) is 363 cm³/mol. The Kier molecular flexibility index (Phi) is 38.0. The SMILES string of the molecule is C/C=C\C[C@@H](C/C=C\CC(=O)[C@@H](NC(=O)\C=C/C=C\C(C)=C\[C@H](C)[C@@H]1CC=C(C)C(=O)O1)C(C)(C)C)OC(=O)NCCCSCSCCCNC(=O)O[C@@H](C/C=C\C)C/C=C\CC(=O)[C@@H](NC(=O)\C=C/C=C\C(C)=C\[C@H](C)[C@@H]1CC=C(C)C(=O)O1)C(C)(C)C. The summed E-state index contributed by atoms with van der Waals surface area (Å²) in [7, 11) is 0. The van der Waals surface area contributed by atoms with E-state index in [1.54, 1.807) is 73.8 Å². The lowest BCUT2D eigenvalue weighted by Crippen LogP contribution is -2.48. The zero-order chi connectivity index (χ0) is 66.4. The number of hydrogen-bond donors (Lipinski definition) is 4. The Morgan fingerprint density at radius 3 is 1.28 bits per heavy atom. The minimum Gasteiger partial charge on any atom is -0.458 e. The lowest BCUT2D eigenvalue weighted by molar-refractivity contribution is -0.148. The van der Waals surface area contributed by atoms with Crippen LogP contribution in [0.1, 0.15) is 161 Å². The van der Waals surface area contributed by atoms with Gasteiger partial charge in [-0.3, -0.25) is 19.2 Å². The van der Waals surface area contributed by atoms with Crippen LogP contribution in [0, 0.1) is 22.7 Å². The van der Waals surface area contributed by atoms with E-state index in [2.05, 4.69) is 21.3 Å². The number of thioether (sulfide) groups is 2. The molecule has 2 aliphatic heterocycles. The molecule has 0 fully saturated rings. The standard InChI is InChI=1S/C71H104N4O12S2/c1-15-17-31-56(33-21-23-35-58(76)64(70(9,10)11)74-62(78)37-25-19-29-50(3)47-54(7)60-41-39-52(5)66(80)86-60)84-68(82)72-43-27-45-88-49-89-46-28-44-73-69(83)85-57(32-18-16-2)34-22-24-36-59(77)65(71(12,13)14)75-63(79)38-26-20-30-51(4)48-55(8)61-42-40-53(6)67(81)87-61/h15-26,29-30,37-40,47-48,54-57,60-61,64-65H,27-28,31-36,41-46,49H2,1-14H3,(H,72,82)(H,73,83)(H,74,78)(H,75,79)/b17-15-,18-16-,23-21-,24-22-,29-19-,30-20-,37-25-,38-26-,50-47+,51-48+/t54-,55-,56-,57-,60-,61-,64+,65+/m0/s1. The largest absolute Gasteiger partial charge is 0.458 e. The van der Waals surface area contributed by atoms with E-state index in [1.807, 2.05) is 156 Å². The van der Waals surface area contributed by atoms with Crippen LogP contribution in [0.3, 0.4) is 0 Å². The van der Waals surface area contributed by atoms with Crippen molar-refractivity contribution in [3.8, 4) is 0 Å². The summed E-state index contributed by atoms with van der Waals surface area (Å²) >= 11 is 3.54. The molecule has 2 rings (SSSR count). The third kappa shape index (κ3) is 34.8. The van der Waals surface area contributed by atoms with Crippen molar-refractivity contribution >= 4 is 71.0 Å². The van der Waals surface area contributed by atoms with Gasteiger partial charge >= 0.3 is 24.1 Å². The fourth-order valence-electron chi connectivity index (χ4n) is 9.13. The highest BCUT2D eigenvalue weighted by atomic mass is 32.2. The van der Waals surface area contributed by atoms with E-state index in [1.165, 1.54) is 12.2 Å². The van der Waals surface area contributed by atoms with Crippen LogP contribution >= 0.6 is 23.5 Å². The molecule has 18 heteroatoms. The first-order valence-electron chi connectivity index (χ1n) is 31.2. The van der Waals surface area contributed by atoms with E-state index in [-0.39, 0.29) is 72.2 Å². The van der Waals surface area contributed by atoms with Gasteiger partial charge in [-0.25, -0.2) is 19.2 Å². The van der Waals surface area contributed by atoms with Crippen LogP contribution in [-0.4, -0.2) is 114 Å². The number of carbonyl (C=O) groups is 8. The van der Waals surface area contributed by atoms with E-state index in [0.29, 0.717) is 62.8 Å². The zero-order valence-corrected chi connectivity index (χ0v) is 57.1. The first-order valence-corrected chi connectivity index (χ1v) is 33.5. The molecule has 0 aromatic rings. The summed E-state index contributed by atoms with van der Waals surface area (Å²) in [4.78, 5) is 102. The van der Waals surface area contributed by atoms with Gasteiger partial charge in [0.05, 0.1) is 12.1 Å². The predicted octanol–water partition coefficient (Wildman–Crippen LogP) is 14.1. The number of esters is 2. The third-order valence-corrected chi connectivity index (χ3v) is 16.8. The molecule has 89 heavy (non-hydrogen) atoms. The molecule has 2 aliphatic rings. The molecular weight excluding hydrogens is 1160 g/mol. The number of nitrogens with one attached hydrogen (secondary N) is 4. The first-order chi connectivity index (χ1) is 42.1. The normalized spacial score (nSPS) is 18.5. The van der Waals surface area contributed by atoms with Gasteiger partial charge in [-0.2, -0.15) is 23.5 Å². The average Bonchev–Trinajstić information content (AvgIpc) is 3.48.